The molecule has 0 bridgehead atoms. The number of ether oxygens (including phenoxy) is 1. The zero-order valence-corrected chi connectivity index (χ0v) is 11.5. The van der Waals surface area contributed by atoms with Crippen LogP contribution < -0.4 is 5.73 Å². The molecule has 106 valence electrons. The maximum Gasteiger partial charge on any atom is 0.436 e. The maximum absolute atomic E-state index is 12.5. The average molecular weight is 342 g/mol. The van der Waals surface area contributed by atoms with E-state index in [1.165, 1.54) is 0 Å². The van der Waals surface area contributed by atoms with Crippen LogP contribution in [0, 0.1) is 0 Å². The van der Waals surface area contributed by atoms with E-state index in [1.54, 1.807) is 6.92 Å². The van der Waals surface area contributed by atoms with Crippen molar-refractivity contribution in [1.29, 1.82) is 0 Å². The monoisotopic (exact) mass is 341 g/mol. The van der Waals surface area contributed by atoms with Crippen LogP contribution in [0.15, 0.2) is 4.60 Å². The Hall–Kier alpha value is -1.38. The number of aromatic nitrogens is 2. The lowest BCUT2D eigenvalue weighted by atomic mass is 10.2. The van der Waals surface area contributed by atoms with Gasteiger partial charge in [-0.2, -0.15) is 13.2 Å². The molecule has 0 saturated heterocycles. The summed E-state index contributed by atoms with van der Waals surface area (Å²) in [5.74, 6) is -0.820. The van der Waals surface area contributed by atoms with Gasteiger partial charge in [-0.15, -0.1) is 0 Å². The number of nitrogens with zero attached hydrogens (tertiary/aromatic N) is 2. The first-order chi connectivity index (χ1) is 8.75. The molecule has 0 saturated carbocycles. The van der Waals surface area contributed by atoms with E-state index in [0.717, 1.165) is 0 Å². The quantitative estimate of drug-likeness (QED) is 0.850. The molecule has 1 aromatic heterocycles. The van der Waals surface area contributed by atoms with Gasteiger partial charge >= 0.3 is 12.1 Å². The van der Waals surface area contributed by atoms with Gasteiger partial charge in [0.1, 0.15) is 10.4 Å². The molecule has 0 radical (unpaired) electrons. The van der Waals surface area contributed by atoms with Crippen LogP contribution in [0.3, 0.4) is 0 Å². The molecule has 0 spiro atoms. The Balaban J connectivity index is 2.88. The number of anilines is 1. The molecule has 0 aliphatic heterocycles. The number of nitrogens with two attached hydrogens (primary N) is 1. The van der Waals surface area contributed by atoms with Gasteiger partial charge in [0.2, 0.25) is 0 Å². The molecule has 1 rings (SSSR count). The highest BCUT2D eigenvalue weighted by atomic mass is 79.9. The van der Waals surface area contributed by atoms with Gasteiger partial charge in [-0.05, 0) is 22.9 Å². The highest BCUT2D eigenvalue weighted by Gasteiger charge is 2.36. The zero-order valence-electron chi connectivity index (χ0n) is 9.92. The molecule has 0 unspecified atom stereocenters. The van der Waals surface area contributed by atoms with E-state index in [-0.39, 0.29) is 31.0 Å². The maximum atomic E-state index is 12.5. The van der Waals surface area contributed by atoms with Crippen molar-refractivity contribution < 1.29 is 22.7 Å². The first kappa shape index (κ1) is 15.7. The Morgan fingerprint density at radius 3 is 2.58 bits per heavy atom. The number of hydrogen-bond acceptors (Lipinski definition) is 5. The standard InChI is InChI=1S/C10H11BrF3N3O2/c1-2-19-6(18)4-3-5-9(15)17-7(8(11)16-5)10(12,13)14/h2-4H2,1H3,(H2,15,17). The van der Waals surface area contributed by atoms with E-state index >= 15 is 0 Å². The molecule has 0 amide bonds. The van der Waals surface area contributed by atoms with Crippen molar-refractivity contribution in [1.82, 2.24) is 9.97 Å². The lowest BCUT2D eigenvalue weighted by molar-refractivity contribution is -0.143. The summed E-state index contributed by atoms with van der Waals surface area (Å²) >= 11 is 2.69. The smallest absolute Gasteiger partial charge is 0.436 e. The summed E-state index contributed by atoms with van der Waals surface area (Å²) in [7, 11) is 0. The molecule has 5 nitrogen and oxygen atoms in total. The molecule has 0 fully saturated rings. The molecule has 1 aromatic rings. The van der Waals surface area contributed by atoms with Gasteiger partial charge in [-0.1, -0.05) is 0 Å². The van der Waals surface area contributed by atoms with Gasteiger partial charge in [0.15, 0.2) is 5.69 Å². The van der Waals surface area contributed by atoms with E-state index in [2.05, 4.69) is 25.9 Å². The van der Waals surface area contributed by atoms with Crippen LogP contribution in [-0.4, -0.2) is 22.5 Å². The van der Waals surface area contributed by atoms with Crippen LogP contribution in [0.5, 0.6) is 0 Å². The normalized spacial score (nSPS) is 11.4. The van der Waals surface area contributed by atoms with Crippen LogP contribution in [0.1, 0.15) is 24.7 Å². The van der Waals surface area contributed by atoms with Crippen LogP contribution in [0.2, 0.25) is 0 Å². The first-order valence-corrected chi connectivity index (χ1v) is 6.09. The highest BCUT2D eigenvalue weighted by molar-refractivity contribution is 9.10. The zero-order chi connectivity index (χ0) is 14.6. The summed E-state index contributed by atoms with van der Waals surface area (Å²) < 4.78 is 41.8. The molecule has 0 aromatic carbocycles. The number of nitrogen functional groups attached to an aromatic ring is 1. The van der Waals surface area contributed by atoms with Crippen molar-refractivity contribution in [3.8, 4) is 0 Å². The Kier molecular flexibility index (Phi) is 5.10. The largest absolute Gasteiger partial charge is 0.466 e. The van der Waals surface area contributed by atoms with Crippen molar-refractivity contribution in [2.75, 3.05) is 12.3 Å². The van der Waals surface area contributed by atoms with Crippen molar-refractivity contribution in [3.63, 3.8) is 0 Å². The number of carbonyl (C=O) groups excluding carboxylic acids is 1. The fourth-order valence-electron chi connectivity index (χ4n) is 1.28. The number of hydrogen-bond donors (Lipinski definition) is 1. The summed E-state index contributed by atoms with van der Waals surface area (Å²) in [6, 6.07) is 0. The second-order valence-electron chi connectivity index (χ2n) is 3.50. The van der Waals surface area contributed by atoms with Gasteiger partial charge in [0.25, 0.3) is 0 Å². The third-order valence-electron chi connectivity index (χ3n) is 2.10. The Labute approximate surface area is 115 Å². The van der Waals surface area contributed by atoms with E-state index in [0.29, 0.717) is 0 Å². The van der Waals surface area contributed by atoms with Crippen LogP contribution in [0.4, 0.5) is 19.0 Å². The van der Waals surface area contributed by atoms with E-state index in [4.69, 9.17) is 10.5 Å². The molecule has 1 heterocycles. The van der Waals surface area contributed by atoms with Crippen LogP contribution in [0.25, 0.3) is 0 Å². The predicted molar refractivity (Wildman–Crippen MR) is 64.1 cm³/mol. The minimum atomic E-state index is -4.64. The molecule has 0 atom stereocenters. The van der Waals surface area contributed by atoms with Crippen molar-refractivity contribution in [3.05, 3.63) is 16.0 Å². The number of carbonyl (C=O) groups is 1. The summed E-state index contributed by atoms with van der Waals surface area (Å²) in [5, 5.41) is 0. The average Bonchev–Trinajstić information content (AvgIpc) is 2.28. The van der Waals surface area contributed by atoms with Crippen molar-refractivity contribution >= 4 is 27.7 Å². The Morgan fingerprint density at radius 1 is 1.42 bits per heavy atom. The third kappa shape index (κ3) is 4.34. The number of rotatable bonds is 4. The summed E-state index contributed by atoms with van der Waals surface area (Å²) in [6.07, 6.45) is -4.60. The fraction of sp³-hybridized carbons (Fsp3) is 0.500. The molecule has 0 aliphatic carbocycles. The van der Waals surface area contributed by atoms with Crippen molar-refractivity contribution in [2.45, 2.75) is 25.9 Å². The van der Waals surface area contributed by atoms with Gasteiger partial charge < -0.3 is 10.5 Å². The van der Waals surface area contributed by atoms with Gasteiger partial charge in [-0.3, -0.25) is 4.79 Å². The van der Waals surface area contributed by atoms with Gasteiger partial charge in [0, 0.05) is 6.42 Å². The molecule has 0 aliphatic rings. The summed E-state index contributed by atoms with van der Waals surface area (Å²) in [6.45, 7) is 1.89. The summed E-state index contributed by atoms with van der Waals surface area (Å²) in [5.41, 5.74) is 4.33. The minimum Gasteiger partial charge on any atom is -0.466 e. The Morgan fingerprint density at radius 2 is 2.05 bits per heavy atom. The molecule has 9 heteroatoms. The molecular weight excluding hydrogens is 331 g/mol. The number of aryl methyl sites for hydroxylation is 1. The SMILES string of the molecule is CCOC(=O)CCc1nc(Br)c(C(F)(F)F)nc1N. The van der Waals surface area contributed by atoms with Crippen LogP contribution in [-0.2, 0) is 22.1 Å². The van der Waals surface area contributed by atoms with Crippen LogP contribution >= 0.6 is 15.9 Å². The van der Waals surface area contributed by atoms with Gasteiger partial charge in [-0.25, -0.2) is 9.97 Å². The van der Waals surface area contributed by atoms with Gasteiger partial charge in [0.05, 0.1) is 18.7 Å². The van der Waals surface area contributed by atoms with E-state index in [1.807, 2.05) is 0 Å². The topological polar surface area (TPSA) is 78.1 Å². The van der Waals surface area contributed by atoms with E-state index in [9.17, 15) is 18.0 Å². The second-order valence-corrected chi connectivity index (χ2v) is 4.25. The lowest BCUT2D eigenvalue weighted by Crippen LogP contribution is -2.15. The molecular formula is C10H11BrF3N3O2. The predicted octanol–water partition coefficient (Wildman–Crippen LogP) is 2.34. The Bertz CT molecular complexity index is 480. The first-order valence-electron chi connectivity index (χ1n) is 5.30. The van der Waals surface area contributed by atoms with Crippen molar-refractivity contribution in [2.24, 2.45) is 0 Å². The second kappa shape index (κ2) is 6.18. The molecule has 2 N–H and O–H groups in total. The fourth-order valence-corrected chi connectivity index (χ4v) is 1.81. The molecule has 19 heavy (non-hydrogen) atoms. The number of esters is 1. The third-order valence-corrected chi connectivity index (χ3v) is 2.65. The highest BCUT2D eigenvalue weighted by Crippen LogP contribution is 2.33. The summed E-state index contributed by atoms with van der Waals surface area (Å²) in [4.78, 5) is 18.1. The lowest BCUT2D eigenvalue weighted by Gasteiger charge is -2.11. The minimum absolute atomic E-state index is 0.0233. The van der Waals surface area contributed by atoms with E-state index < -0.39 is 22.4 Å². The number of alkyl halides is 3. The number of halogens is 4.